The molecule has 0 aliphatic heterocycles. The monoisotopic (exact) mass is 329 g/mol. The molecular weight excluding hydrogens is 310 g/mol. The van der Waals surface area contributed by atoms with E-state index in [1.807, 2.05) is 6.07 Å². The Bertz CT molecular complexity index is 683. The molecule has 0 saturated carbocycles. The molecule has 0 bridgehead atoms. The fraction of sp³-hybridized carbons (Fsp3) is 0.222. The summed E-state index contributed by atoms with van der Waals surface area (Å²) in [4.78, 5) is 23.3. The Morgan fingerprint density at radius 1 is 1.13 bits per heavy atom. The van der Waals surface area contributed by atoms with Crippen molar-refractivity contribution in [2.75, 3.05) is 18.2 Å². The third-order valence-corrected chi connectivity index (χ3v) is 4.18. The second-order valence-electron chi connectivity index (χ2n) is 5.10. The minimum absolute atomic E-state index is 0.0616. The van der Waals surface area contributed by atoms with Crippen LogP contribution >= 0.6 is 11.8 Å². The number of benzene rings is 2. The summed E-state index contributed by atoms with van der Waals surface area (Å²) in [5.74, 6) is 0.730. The molecular formula is C18H19NO3S. The summed E-state index contributed by atoms with van der Waals surface area (Å²) in [5, 5.41) is 2.81. The van der Waals surface area contributed by atoms with E-state index in [2.05, 4.69) is 35.2 Å². The van der Waals surface area contributed by atoms with E-state index in [0.717, 1.165) is 5.75 Å². The number of nitrogens with one attached hydrogen (secondary N) is 1. The van der Waals surface area contributed by atoms with Gasteiger partial charge in [0.05, 0.1) is 18.4 Å². The number of hydrogen-bond acceptors (Lipinski definition) is 4. The second-order valence-corrected chi connectivity index (χ2v) is 6.08. The zero-order chi connectivity index (χ0) is 16.7. The van der Waals surface area contributed by atoms with Crippen LogP contribution in [0.5, 0.6) is 0 Å². The summed E-state index contributed by atoms with van der Waals surface area (Å²) in [7, 11) is 1.34. The van der Waals surface area contributed by atoms with Gasteiger partial charge in [-0.1, -0.05) is 29.8 Å². The largest absolute Gasteiger partial charge is 0.465 e. The van der Waals surface area contributed by atoms with Gasteiger partial charge in [0.1, 0.15) is 0 Å². The molecule has 0 spiro atoms. The number of hydrogen-bond donors (Lipinski definition) is 1. The van der Waals surface area contributed by atoms with Gasteiger partial charge in [0.15, 0.2) is 0 Å². The second kappa shape index (κ2) is 8.39. The van der Waals surface area contributed by atoms with Crippen LogP contribution < -0.4 is 5.32 Å². The lowest BCUT2D eigenvalue weighted by Crippen LogP contribution is -2.14. The maximum absolute atomic E-state index is 11.9. The fourth-order valence-corrected chi connectivity index (χ4v) is 2.84. The molecule has 0 saturated heterocycles. The third kappa shape index (κ3) is 5.45. The van der Waals surface area contributed by atoms with Crippen molar-refractivity contribution in [3.8, 4) is 0 Å². The van der Waals surface area contributed by atoms with Crippen LogP contribution in [-0.4, -0.2) is 24.7 Å². The van der Waals surface area contributed by atoms with E-state index in [9.17, 15) is 9.59 Å². The van der Waals surface area contributed by atoms with E-state index in [1.54, 1.807) is 36.0 Å². The molecule has 0 atom stereocenters. The van der Waals surface area contributed by atoms with Crippen molar-refractivity contribution in [3.05, 3.63) is 65.2 Å². The van der Waals surface area contributed by atoms with Crippen LogP contribution in [0.15, 0.2) is 48.5 Å². The van der Waals surface area contributed by atoms with Gasteiger partial charge in [0.25, 0.3) is 0 Å². The van der Waals surface area contributed by atoms with Crippen LogP contribution in [0.1, 0.15) is 21.5 Å². The zero-order valence-electron chi connectivity index (χ0n) is 13.2. The van der Waals surface area contributed by atoms with Gasteiger partial charge in [0, 0.05) is 11.4 Å². The first-order chi connectivity index (χ1) is 11.1. The number of aryl methyl sites for hydroxylation is 1. The summed E-state index contributed by atoms with van der Waals surface area (Å²) < 4.78 is 4.63. The molecule has 5 heteroatoms. The number of thioether (sulfide) groups is 1. The van der Waals surface area contributed by atoms with Crippen molar-refractivity contribution in [2.24, 2.45) is 0 Å². The van der Waals surface area contributed by atoms with Crippen LogP contribution in [0, 0.1) is 6.92 Å². The molecule has 23 heavy (non-hydrogen) atoms. The van der Waals surface area contributed by atoms with Crippen molar-refractivity contribution < 1.29 is 14.3 Å². The van der Waals surface area contributed by atoms with Crippen LogP contribution in [0.2, 0.25) is 0 Å². The normalized spacial score (nSPS) is 10.2. The third-order valence-electron chi connectivity index (χ3n) is 3.17. The van der Waals surface area contributed by atoms with Gasteiger partial charge in [-0.3, -0.25) is 4.79 Å². The van der Waals surface area contributed by atoms with E-state index in [4.69, 9.17) is 0 Å². The number of amides is 1. The van der Waals surface area contributed by atoms with Gasteiger partial charge in [-0.15, -0.1) is 11.8 Å². The van der Waals surface area contributed by atoms with E-state index >= 15 is 0 Å². The molecule has 1 amide bonds. The quantitative estimate of drug-likeness (QED) is 0.822. The Morgan fingerprint density at radius 3 is 2.52 bits per heavy atom. The Labute approximate surface area is 140 Å². The van der Waals surface area contributed by atoms with Crippen LogP contribution in [0.4, 0.5) is 5.69 Å². The van der Waals surface area contributed by atoms with Gasteiger partial charge in [-0.05, 0) is 36.8 Å². The highest BCUT2D eigenvalue weighted by Gasteiger charge is 2.06. The van der Waals surface area contributed by atoms with E-state index in [-0.39, 0.29) is 5.91 Å². The van der Waals surface area contributed by atoms with Gasteiger partial charge in [0.2, 0.25) is 5.91 Å². The SMILES string of the molecule is COC(=O)c1ccc(NC(=O)CSCc2cccc(C)c2)cc1. The molecule has 0 aliphatic rings. The standard InChI is InChI=1S/C18H19NO3S/c1-13-4-3-5-14(10-13)11-23-12-17(20)19-16-8-6-15(7-9-16)18(21)22-2/h3-10H,11-12H2,1-2H3,(H,19,20). The van der Waals surface area contributed by atoms with Crippen molar-refractivity contribution in [1.82, 2.24) is 0 Å². The number of carbonyl (C=O) groups is 2. The Kier molecular flexibility index (Phi) is 6.23. The first kappa shape index (κ1) is 17.1. The summed E-state index contributed by atoms with van der Waals surface area (Å²) in [5.41, 5.74) is 3.56. The fourth-order valence-electron chi connectivity index (χ4n) is 2.07. The molecule has 0 unspecified atom stereocenters. The number of carbonyl (C=O) groups excluding carboxylic acids is 2. The predicted octanol–water partition coefficient (Wildman–Crippen LogP) is 3.65. The van der Waals surface area contributed by atoms with E-state index < -0.39 is 5.97 Å². The zero-order valence-corrected chi connectivity index (χ0v) is 14.0. The van der Waals surface area contributed by atoms with E-state index in [0.29, 0.717) is 17.0 Å². The molecule has 120 valence electrons. The lowest BCUT2D eigenvalue weighted by molar-refractivity contribution is -0.113. The molecule has 4 nitrogen and oxygen atoms in total. The first-order valence-electron chi connectivity index (χ1n) is 7.20. The number of methoxy groups -OCH3 is 1. The topological polar surface area (TPSA) is 55.4 Å². The highest BCUT2D eigenvalue weighted by atomic mass is 32.2. The first-order valence-corrected chi connectivity index (χ1v) is 8.35. The van der Waals surface area contributed by atoms with Crippen LogP contribution in [0.25, 0.3) is 0 Å². The van der Waals surface area contributed by atoms with Crippen molar-refractivity contribution in [3.63, 3.8) is 0 Å². The number of anilines is 1. The van der Waals surface area contributed by atoms with Gasteiger partial charge >= 0.3 is 5.97 Å². The average molecular weight is 329 g/mol. The Balaban J connectivity index is 1.79. The number of rotatable bonds is 6. The number of esters is 1. The molecule has 0 fully saturated rings. The summed E-state index contributed by atoms with van der Waals surface area (Å²) in [6, 6.07) is 14.9. The molecule has 2 rings (SSSR count). The minimum Gasteiger partial charge on any atom is -0.465 e. The molecule has 2 aromatic carbocycles. The molecule has 0 heterocycles. The predicted molar refractivity (Wildman–Crippen MR) is 93.8 cm³/mol. The highest BCUT2D eigenvalue weighted by molar-refractivity contribution is 7.99. The average Bonchev–Trinajstić information content (AvgIpc) is 2.55. The van der Waals surface area contributed by atoms with Crippen molar-refractivity contribution in [1.29, 1.82) is 0 Å². The molecule has 1 N–H and O–H groups in total. The van der Waals surface area contributed by atoms with Crippen LogP contribution in [0.3, 0.4) is 0 Å². The van der Waals surface area contributed by atoms with Gasteiger partial charge in [-0.2, -0.15) is 0 Å². The number of ether oxygens (including phenoxy) is 1. The van der Waals surface area contributed by atoms with E-state index in [1.165, 1.54) is 18.2 Å². The molecule has 0 radical (unpaired) electrons. The Hall–Kier alpha value is -2.27. The Morgan fingerprint density at radius 2 is 1.87 bits per heavy atom. The van der Waals surface area contributed by atoms with Gasteiger partial charge in [-0.25, -0.2) is 4.79 Å². The summed E-state index contributed by atoms with van der Waals surface area (Å²) >= 11 is 1.57. The highest BCUT2D eigenvalue weighted by Crippen LogP contribution is 2.15. The van der Waals surface area contributed by atoms with Crippen LogP contribution in [-0.2, 0) is 15.3 Å². The van der Waals surface area contributed by atoms with Crippen molar-refractivity contribution in [2.45, 2.75) is 12.7 Å². The molecule has 0 aromatic heterocycles. The minimum atomic E-state index is -0.392. The maximum Gasteiger partial charge on any atom is 0.337 e. The smallest absolute Gasteiger partial charge is 0.337 e. The van der Waals surface area contributed by atoms with Crippen molar-refractivity contribution >= 4 is 29.3 Å². The lowest BCUT2D eigenvalue weighted by Gasteiger charge is -2.06. The maximum atomic E-state index is 11.9. The lowest BCUT2D eigenvalue weighted by atomic mass is 10.2. The summed E-state index contributed by atoms with van der Waals surface area (Å²) in [6.07, 6.45) is 0. The van der Waals surface area contributed by atoms with Gasteiger partial charge < -0.3 is 10.1 Å². The molecule has 2 aromatic rings. The summed E-state index contributed by atoms with van der Waals surface area (Å²) in [6.45, 7) is 2.05. The molecule has 0 aliphatic carbocycles.